The predicted octanol–water partition coefficient (Wildman–Crippen LogP) is 5.93. The molecule has 0 saturated carbocycles. The Hall–Kier alpha value is -3.66. The number of amides is 2. The van der Waals surface area contributed by atoms with Gasteiger partial charge in [0.2, 0.25) is 0 Å². The molecule has 0 spiro atoms. The van der Waals surface area contributed by atoms with Crippen molar-refractivity contribution < 1.29 is 9.59 Å². The second-order valence-electron chi connectivity index (χ2n) is 8.76. The molecule has 0 unspecified atom stereocenters. The zero-order chi connectivity index (χ0) is 23.2. The van der Waals surface area contributed by atoms with Crippen molar-refractivity contribution in [1.29, 1.82) is 0 Å². The van der Waals surface area contributed by atoms with Crippen molar-refractivity contribution in [3.8, 4) is 0 Å². The molecule has 0 aromatic heterocycles. The number of carbonyl (C=O) groups excluding carboxylic acids is 2. The summed E-state index contributed by atoms with van der Waals surface area (Å²) in [5.41, 5.74) is 9.36. The van der Waals surface area contributed by atoms with Crippen LogP contribution in [0.25, 0.3) is 5.57 Å². The van der Waals surface area contributed by atoms with Gasteiger partial charge in [-0.2, -0.15) is 0 Å². The molecule has 3 aromatic rings. The lowest BCUT2D eigenvalue weighted by atomic mass is 9.99. The van der Waals surface area contributed by atoms with Crippen molar-refractivity contribution in [1.82, 2.24) is 0 Å². The molecule has 4 nitrogen and oxygen atoms in total. The molecule has 1 aliphatic heterocycles. The van der Waals surface area contributed by atoms with E-state index in [0.717, 1.165) is 44.6 Å². The van der Waals surface area contributed by atoms with E-state index in [1.54, 1.807) is 0 Å². The van der Waals surface area contributed by atoms with E-state index in [9.17, 15) is 9.59 Å². The van der Waals surface area contributed by atoms with Crippen LogP contribution in [0, 0.1) is 41.5 Å². The van der Waals surface area contributed by atoms with Crippen molar-refractivity contribution in [2.24, 2.45) is 0 Å². The highest BCUT2D eigenvalue weighted by molar-refractivity contribution is 6.46. The van der Waals surface area contributed by atoms with Crippen LogP contribution in [0.5, 0.6) is 0 Å². The van der Waals surface area contributed by atoms with Gasteiger partial charge in [0.15, 0.2) is 0 Å². The van der Waals surface area contributed by atoms with Gasteiger partial charge in [0, 0.05) is 5.69 Å². The Labute approximate surface area is 189 Å². The normalized spacial score (nSPS) is 13.9. The molecule has 0 fully saturated rings. The van der Waals surface area contributed by atoms with Crippen LogP contribution in [0.3, 0.4) is 0 Å². The van der Waals surface area contributed by atoms with Gasteiger partial charge in [-0.3, -0.25) is 9.59 Å². The molecule has 1 aliphatic rings. The van der Waals surface area contributed by atoms with Crippen LogP contribution in [0.4, 0.5) is 11.4 Å². The summed E-state index contributed by atoms with van der Waals surface area (Å²) < 4.78 is 0. The maximum Gasteiger partial charge on any atom is 0.282 e. The van der Waals surface area contributed by atoms with E-state index in [1.807, 2.05) is 90.1 Å². The first-order valence-electron chi connectivity index (χ1n) is 10.8. The van der Waals surface area contributed by atoms with Gasteiger partial charge in [-0.25, -0.2) is 4.90 Å². The average Bonchev–Trinajstić information content (AvgIpc) is 2.95. The summed E-state index contributed by atoms with van der Waals surface area (Å²) >= 11 is 0. The minimum Gasteiger partial charge on any atom is -0.350 e. The van der Waals surface area contributed by atoms with E-state index in [2.05, 4.69) is 11.4 Å². The Morgan fingerprint density at radius 2 is 1.22 bits per heavy atom. The van der Waals surface area contributed by atoms with Crippen molar-refractivity contribution in [3.63, 3.8) is 0 Å². The third kappa shape index (κ3) is 3.84. The predicted molar refractivity (Wildman–Crippen MR) is 131 cm³/mol. The Kier molecular flexibility index (Phi) is 5.47. The number of aryl methyl sites for hydroxylation is 6. The number of rotatable bonds is 4. The van der Waals surface area contributed by atoms with Crippen LogP contribution in [0.2, 0.25) is 0 Å². The highest BCUT2D eigenvalue weighted by atomic mass is 16.2. The second-order valence-corrected chi connectivity index (χ2v) is 8.76. The third-order valence-electron chi connectivity index (χ3n) is 6.12. The number of hydrogen-bond donors (Lipinski definition) is 1. The van der Waals surface area contributed by atoms with E-state index in [-0.39, 0.29) is 11.8 Å². The number of nitrogens with zero attached hydrogens (tertiary/aromatic N) is 1. The molecule has 162 valence electrons. The van der Waals surface area contributed by atoms with Gasteiger partial charge in [-0.1, -0.05) is 30.3 Å². The molecule has 0 aliphatic carbocycles. The fourth-order valence-electron chi connectivity index (χ4n) is 4.10. The van der Waals surface area contributed by atoms with E-state index >= 15 is 0 Å². The Morgan fingerprint density at radius 1 is 0.625 bits per heavy atom. The van der Waals surface area contributed by atoms with Gasteiger partial charge in [0.1, 0.15) is 5.70 Å². The molecule has 2 amide bonds. The van der Waals surface area contributed by atoms with Crippen molar-refractivity contribution in [2.45, 2.75) is 41.5 Å². The van der Waals surface area contributed by atoms with E-state index in [1.165, 1.54) is 4.90 Å². The van der Waals surface area contributed by atoms with Crippen LogP contribution >= 0.6 is 0 Å². The zero-order valence-electron chi connectivity index (χ0n) is 19.5. The van der Waals surface area contributed by atoms with Gasteiger partial charge in [-0.15, -0.1) is 0 Å². The molecule has 32 heavy (non-hydrogen) atoms. The number of hydrogen-bond acceptors (Lipinski definition) is 3. The summed E-state index contributed by atoms with van der Waals surface area (Å²) in [5, 5.41) is 3.28. The van der Waals surface area contributed by atoms with Crippen molar-refractivity contribution in [3.05, 3.63) is 99.2 Å². The molecule has 4 heteroatoms. The summed E-state index contributed by atoms with van der Waals surface area (Å²) in [6.45, 7) is 12.1. The van der Waals surface area contributed by atoms with E-state index < -0.39 is 0 Å². The molecular formula is C28H28N2O2. The largest absolute Gasteiger partial charge is 0.350 e. The van der Waals surface area contributed by atoms with Crippen LogP contribution < -0.4 is 10.2 Å². The molecule has 0 atom stereocenters. The van der Waals surface area contributed by atoms with Crippen molar-refractivity contribution in [2.75, 3.05) is 10.2 Å². The molecule has 0 saturated heterocycles. The standard InChI is InChI=1S/C28H28N2O2/c1-16-11-17(2)13-23(12-16)29-26-25(22-9-7-18(3)20(5)14-22)27(31)30(28(26)32)24-10-8-19(4)21(6)15-24/h7-15,29H,1-6H3. The fourth-order valence-corrected chi connectivity index (χ4v) is 4.10. The zero-order valence-corrected chi connectivity index (χ0v) is 19.5. The summed E-state index contributed by atoms with van der Waals surface area (Å²) in [5.74, 6) is -0.654. The number of anilines is 2. The molecule has 1 heterocycles. The average molecular weight is 425 g/mol. The molecule has 4 rings (SSSR count). The number of imide groups is 1. The Morgan fingerprint density at radius 3 is 1.81 bits per heavy atom. The lowest BCUT2D eigenvalue weighted by Crippen LogP contribution is -2.32. The minimum absolute atomic E-state index is 0.307. The summed E-state index contributed by atoms with van der Waals surface area (Å²) in [6.07, 6.45) is 0. The second kappa shape index (κ2) is 8.12. The van der Waals surface area contributed by atoms with E-state index in [0.29, 0.717) is 17.0 Å². The fraction of sp³-hybridized carbons (Fsp3) is 0.214. The Bertz CT molecular complexity index is 1280. The summed E-state index contributed by atoms with van der Waals surface area (Å²) in [4.78, 5) is 28.5. The Balaban J connectivity index is 1.86. The first kappa shape index (κ1) is 21.6. The molecule has 3 aromatic carbocycles. The van der Waals surface area contributed by atoms with Gasteiger partial charge in [0.05, 0.1) is 11.3 Å². The lowest BCUT2D eigenvalue weighted by Gasteiger charge is -2.17. The highest BCUT2D eigenvalue weighted by Gasteiger charge is 2.40. The van der Waals surface area contributed by atoms with Gasteiger partial charge in [0.25, 0.3) is 11.8 Å². The minimum atomic E-state index is -0.342. The van der Waals surface area contributed by atoms with Crippen LogP contribution in [0.1, 0.15) is 38.9 Å². The van der Waals surface area contributed by atoms with E-state index in [4.69, 9.17) is 0 Å². The third-order valence-corrected chi connectivity index (χ3v) is 6.12. The molecule has 1 N–H and O–H groups in total. The van der Waals surface area contributed by atoms with Crippen molar-refractivity contribution >= 4 is 28.8 Å². The summed E-state index contributed by atoms with van der Waals surface area (Å²) in [7, 11) is 0. The van der Waals surface area contributed by atoms with Gasteiger partial charge in [-0.05, 0) is 105 Å². The summed E-state index contributed by atoms with van der Waals surface area (Å²) in [6, 6.07) is 17.6. The maximum absolute atomic E-state index is 13.7. The lowest BCUT2D eigenvalue weighted by molar-refractivity contribution is -0.120. The SMILES string of the molecule is Cc1cc(C)cc(NC2=C(c3ccc(C)c(C)c3)C(=O)N(c3ccc(C)c(C)c3)C2=O)c1. The highest BCUT2D eigenvalue weighted by Crippen LogP contribution is 2.35. The van der Waals surface area contributed by atoms with Gasteiger partial charge < -0.3 is 5.32 Å². The monoisotopic (exact) mass is 424 g/mol. The van der Waals surface area contributed by atoms with Crippen LogP contribution in [-0.4, -0.2) is 11.8 Å². The maximum atomic E-state index is 13.7. The first-order chi connectivity index (χ1) is 15.2. The number of carbonyl (C=O) groups is 2. The molecule has 0 radical (unpaired) electrons. The number of benzene rings is 3. The van der Waals surface area contributed by atoms with Crippen LogP contribution in [-0.2, 0) is 9.59 Å². The number of nitrogens with one attached hydrogen (secondary N) is 1. The topological polar surface area (TPSA) is 49.4 Å². The van der Waals surface area contributed by atoms with Gasteiger partial charge >= 0.3 is 0 Å². The molecule has 0 bridgehead atoms. The van der Waals surface area contributed by atoms with Crippen LogP contribution in [0.15, 0.2) is 60.3 Å². The first-order valence-corrected chi connectivity index (χ1v) is 10.8. The smallest absolute Gasteiger partial charge is 0.282 e. The quantitative estimate of drug-likeness (QED) is 0.528. The molecular weight excluding hydrogens is 396 g/mol.